The molecule has 0 saturated carbocycles. The molecule has 1 atom stereocenters. The van der Waals surface area contributed by atoms with Gasteiger partial charge in [0.05, 0.1) is 0 Å². The average Bonchev–Trinajstić information content (AvgIpc) is 2.56. The molecule has 1 aliphatic heterocycles. The molecule has 1 N–H and O–H groups in total. The molecule has 3 heteroatoms. The molecule has 1 unspecified atom stereocenters. The summed E-state index contributed by atoms with van der Waals surface area (Å²) in [4.78, 5) is 4.49. The van der Waals surface area contributed by atoms with E-state index >= 15 is 0 Å². The lowest BCUT2D eigenvalue weighted by atomic mass is 9.73. The minimum atomic E-state index is 0.230. The lowest BCUT2D eigenvalue weighted by Gasteiger charge is -2.37. The van der Waals surface area contributed by atoms with Crippen LogP contribution in [0.3, 0.4) is 0 Å². The summed E-state index contributed by atoms with van der Waals surface area (Å²) in [6.45, 7) is 4.46. The van der Waals surface area contributed by atoms with Gasteiger partial charge in [-0.25, -0.2) is 0 Å². The predicted octanol–water partition coefficient (Wildman–Crippen LogP) is 4.43. The van der Waals surface area contributed by atoms with Crippen LogP contribution in [0.5, 0.6) is 0 Å². The van der Waals surface area contributed by atoms with Crippen molar-refractivity contribution in [3.05, 3.63) is 53.3 Å². The molecule has 0 aliphatic carbocycles. The Balaban J connectivity index is 1.97. The molecule has 2 nitrogen and oxygen atoms in total. The summed E-state index contributed by atoms with van der Waals surface area (Å²) < 4.78 is 0. The lowest BCUT2D eigenvalue weighted by Crippen LogP contribution is -2.43. The van der Waals surface area contributed by atoms with Crippen molar-refractivity contribution in [1.29, 1.82) is 0 Å². The summed E-state index contributed by atoms with van der Waals surface area (Å²) in [5.74, 6) is 0. The van der Waals surface area contributed by atoms with Crippen LogP contribution in [0.25, 0.3) is 11.1 Å². The van der Waals surface area contributed by atoms with Crippen molar-refractivity contribution in [2.75, 3.05) is 13.1 Å². The van der Waals surface area contributed by atoms with Gasteiger partial charge in [-0.05, 0) is 55.1 Å². The molecule has 0 radical (unpaired) electrons. The van der Waals surface area contributed by atoms with Crippen LogP contribution in [-0.2, 0) is 5.41 Å². The zero-order chi connectivity index (χ0) is 14.7. The van der Waals surface area contributed by atoms with E-state index in [0.717, 1.165) is 24.5 Å². The van der Waals surface area contributed by atoms with Gasteiger partial charge in [-0.1, -0.05) is 30.7 Å². The second kappa shape index (κ2) is 6.17. The summed E-state index contributed by atoms with van der Waals surface area (Å²) in [6, 6.07) is 10.3. The van der Waals surface area contributed by atoms with Crippen molar-refractivity contribution in [3.8, 4) is 11.1 Å². The van der Waals surface area contributed by atoms with E-state index in [1.54, 1.807) is 0 Å². The van der Waals surface area contributed by atoms with E-state index in [1.807, 2.05) is 24.5 Å². The largest absolute Gasteiger partial charge is 0.316 e. The molecule has 110 valence electrons. The third kappa shape index (κ3) is 2.97. The van der Waals surface area contributed by atoms with Gasteiger partial charge in [0.15, 0.2) is 0 Å². The molecule has 0 bridgehead atoms. The Kier molecular flexibility index (Phi) is 4.27. The van der Waals surface area contributed by atoms with Gasteiger partial charge in [-0.3, -0.25) is 4.98 Å². The van der Waals surface area contributed by atoms with Crippen molar-refractivity contribution in [3.63, 3.8) is 0 Å². The molecule has 1 aromatic carbocycles. The molecule has 21 heavy (non-hydrogen) atoms. The van der Waals surface area contributed by atoms with Crippen LogP contribution in [-0.4, -0.2) is 18.1 Å². The SMILES string of the molecule is CCC1(c2cncc(-c3ccc(Cl)cc3)c2)CCCNC1. The Labute approximate surface area is 131 Å². The van der Waals surface area contributed by atoms with Crippen molar-refractivity contribution >= 4 is 11.6 Å². The van der Waals surface area contributed by atoms with E-state index < -0.39 is 0 Å². The predicted molar refractivity (Wildman–Crippen MR) is 88.8 cm³/mol. The smallest absolute Gasteiger partial charge is 0.0406 e. The van der Waals surface area contributed by atoms with E-state index in [2.05, 4.69) is 35.4 Å². The molecular weight excluding hydrogens is 280 g/mol. The van der Waals surface area contributed by atoms with Crippen LogP contribution in [0.1, 0.15) is 31.7 Å². The Morgan fingerprint density at radius 2 is 2.00 bits per heavy atom. The average molecular weight is 301 g/mol. The fourth-order valence-electron chi connectivity index (χ4n) is 3.25. The Hall–Kier alpha value is -1.38. The van der Waals surface area contributed by atoms with Crippen LogP contribution >= 0.6 is 11.6 Å². The molecule has 3 rings (SSSR count). The Morgan fingerprint density at radius 1 is 1.19 bits per heavy atom. The highest BCUT2D eigenvalue weighted by atomic mass is 35.5. The number of piperidine rings is 1. The number of hydrogen-bond acceptors (Lipinski definition) is 2. The fraction of sp³-hybridized carbons (Fsp3) is 0.389. The number of nitrogens with one attached hydrogen (secondary N) is 1. The highest BCUT2D eigenvalue weighted by molar-refractivity contribution is 6.30. The first kappa shape index (κ1) is 14.6. The molecular formula is C18H21ClN2. The van der Waals surface area contributed by atoms with Crippen molar-refractivity contribution < 1.29 is 0 Å². The molecule has 0 amide bonds. The van der Waals surface area contributed by atoms with E-state index in [1.165, 1.54) is 29.5 Å². The third-order valence-corrected chi connectivity index (χ3v) is 4.93. The third-order valence-electron chi connectivity index (χ3n) is 4.68. The van der Waals surface area contributed by atoms with E-state index in [4.69, 9.17) is 11.6 Å². The number of pyridine rings is 1. The van der Waals surface area contributed by atoms with Crippen LogP contribution in [0.4, 0.5) is 0 Å². The van der Waals surface area contributed by atoms with E-state index in [-0.39, 0.29) is 5.41 Å². The quantitative estimate of drug-likeness (QED) is 0.907. The molecule has 0 spiro atoms. The number of aromatic nitrogens is 1. The second-order valence-corrected chi connectivity index (χ2v) is 6.32. The number of hydrogen-bond donors (Lipinski definition) is 1. The first-order valence-electron chi connectivity index (χ1n) is 7.66. The maximum absolute atomic E-state index is 5.97. The second-order valence-electron chi connectivity index (χ2n) is 5.88. The van der Waals surface area contributed by atoms with Gasteiger partial charge in [-0.2, -0.15) is 0 Å². The van der Waals surface area contributed by atoms with Gasteiger partial charge in [0.1, 0.15) is 0 Å². The minimum absolute atomic E-state index is 0.230. The van der Waals surface area contributed by atoms with Crippen molar-refractivity contribution in [2.45, 2.75) is 31.6 Å². The zero-order valence-electron chi connectivity index (χ0n) is 12.4. The molecule has 2 heterocycles. The first-order chi connectivity index (χ1) is 10.2. The molecule has 1 fully saturated rings. The van der Waals surface area contributed by atoms with Crippen LogP contribution in [0.2, 0.25) is 5.02 Å². The first-order valence-corrected chi connectivity index (χ1v) is 8.03. The highest BCUT2D eigenvalue weighted by Gasteiger charge is 2.32. The van der Waals surface area contributed by atoms with Crippen LogP contribution in [0.15, 0.2) is 42.7 Å². The lowest BCUT2D eigenvalue weighted by molar-refractivity contribution is 0.302. The standard InChI is InChI=1S/C18H21ClN2/c1-2-18(8-3-9-20-13-18)16-10-15(11-21-12-16)14-4-6-17(19)7-5-14/h4-7,10-12,20H,2-3,8-9,13H2,1H3. The van der Waals surface area contributed by atoms with Gasteiger partial charge >= 0.3 is 0 Å². The zero-order valence-corrected chi connectivity index (χ0v) is 13.2. The minimum Gasteiger partial charge on any atom is -0.316 e. The normalized spacial score (nSPS) is 22.2. The maximum atomic E-state index is 5.97. The van der Waals surface area contributed by atoms with Gasteiger partial charge in [0.2, 0.25) is 0 Å². The van der Waals surface area contributed by atoms with E-state index in [9.17, 15) is 0 Å². The Bertz CT molecular complexity index is 601. The summed E-state index contributed by atoms with van der Waals surface area (Å²) >= 11 is 5.97. The molecule has 1 aliphatic rings. The highest BCUT2D eigenvalue weighted by Crippen LogP contribution is 2.35. The number of rotatable bonds is 3. The fourth-order valence-corrected chi connectivity index (χ4v) is 3.38. The van der Waals surface area contributed by atoms with Crippen LogP contribution < -0.4 is 5.32 Å². The topological polar surface area (TPSA) is 24.9 Å². The van der Waals surface area contributed by atoms with Gasteiger partial charge in [0, 0.05) is 34.9 Å². The number of nitrogens with zero attached hydrogens (tertiary/aromatic N) is 1. The number of benzene rings is 1. The van der Waals surface area contributed by atoms with Gasteiger partial charge in [-0.15, -0.1) is 0 Å². The van der Waals surface area contributed by atoms with Gasteiger partial charge in [0.25, 0.3) is 0 Å². The maximum Gasteiger partial charge on any atom is 0.0406 e. The molecule has 1 aromatic heterocycles. The number of halogens is 1. The molecule has 2 aromatic rings. The summed E-state index contributed by atoms with van der Waals surface area (Å²) in [5, 5.41) is 4.31. The van der Waals surface area contributed by atoms with Crippen molar-refractivity contribution in [2.24, 2.45) is 0 Å². The monoisotopic (exact) mass is 300 g/mol. The summed E-state index contributed by atoms with van der Waals surface area (Å²) in [5.41, 5.74) is 3.92. The summed E-state index contributed by atoms with van der Waals surface area (Å²) in [7, 11) is 0. The van der Waals surface area contributed by atoms with Gasteiger partial charge < -0.3 is 5.32 Å². The van der Waals surface area contributed by atoms with Crippen molar-refractivity contribution in [1.82, 2.24) is 10.3 Å². The Morgan fingerprint density at radius 3 is 2.67 bits per heavy atom. The molecule has 1 saturated heterocycles. The van der Waals surface area contributed by atoms with Crippen LogP contribution in [0, 0.1) is 0 Å². The summed E-state index contributed by atoms with van der Waals surface area (Å²) in [6.07, 6.45) is 7.59. The van der Waals surface area contributed by atoms with E-state index in [0.29, 0.717) is 0 Å².